The Morgan fingerprint density at radius 1 is 1.36 bits per heavy atom. The number of fused-ring (bicyclic) bond motifs is 1. The van der Waals surface area contributed by atoms with Crippen molar-refractivity contribution >= 4 is 28.4 Å². The van der Waals surface area contributed by atoms with Crippen molar-refractivity contribution in [3.63, 3.8) is 0 Å². The number of rotatable bonds is 4. The van der Waals surface area contributed by atoms with Crippen LogP contribution in [-0.4, -0.2) is 36.0 Å². The molecule has 1 atom stereocenters. The number of nitrogens with one attached hydrogen (secondary N) is 3. The third-order valence-electron chi connectivity index (χ3n) is 4.01. The zero-order chi connectivity index (χ0) is 15.5. The molecule has 0 bridgehead atoms. The summed E-state index contributed by atoms with van der Waals surface area (Å²) in [5.74, 6) is -0.0525. The fourth-order valence-corrected chi connectivity index (χ4v) is 2.77. The molecule has 22 heavy (non-hydrogen) atoms. The lowest BCUT2D eigenvalue weighted by Crippen LogP contribution is -2.35. The van der Waals surface area contributed by atoms with Crippen LogP contribution in [0.25, 0.3) is 10.9 Å². The Hall–Kier alpha value is -2.34. The van der Waals surface area contributed by atoms with Gasteiger partial charge in [-0.3, -0.25) is 9.59 Å². The molecule has 116 valence electrons. The maximum Gasteiger partial charge on any atom is 0.241 e. The van der Waals surface area contributed by atoms with Crippen molar-refractivity contribution in [2.24, 2.45) is 0 Å². The highest BCUT2D eigenvalue weighted by molar-refractivity contribution is 5.97. The Kier molecular flexibility index (Phi) is 4.11. The summed E-state index contributed by atoms with van der Waals surface area (Å²) in [4.78, 5) is 23.7. The monoisotopic (exact) mass is 300 g/mol. The van der Waals surface area contributed by atoms with E-state index in [2.05, 4.69) is 16.0 Å². The van der Waals surface area contributed by atoms with E-state index < -0.39 is 0 Å². The Bertz CT molecular complexity index is 701. The second kappa shape index (κ2) is 6.19. The van der Waals surface area contributed by atoms with Crippen molar-refractivity contribution in [2.75, 3.05) is 18.9 Å². The first-order chi connectivity index (χ1) is 10.7. The van der Waals surface area contributed by atoms with Gasteiger partial charge in [-0.15, -0.1) is 0 Å². The molecule has 0 saturated carbocycles. The molecule has 1 aliphatic heterocycles. The summed E-state index contributed by atoms with van der Waals surface area (Å²) < 4.78 is 1.87. The number of likely N-dealkylation sites (N-methyl/N-ethyl adjacent to an activating group) is 1. The van der Waals surface area contributed by atoms with Crippen LogP contribution >= 0.6 is 0 Å². The third-order valence-corrected chi connectivity index (χ3v) is 4.01. The van der Waals surface area contributed by atoms with E-state index in [1.807, 2.05) is 35.0 Å². The quantitative estimate of drug-likeness (QED) is 0.791. The summed E-state index contributed by atoms with van der Waals surface area (Å²) in [6.45, 7) is 1.16. The van der Waals surface area contributed by atoms with Gasteiger partial charge in [0.2, 0.25) is 11.8 Å². The van der Waals surface area contributed by atoms with Crippen LogP contribution in [0.3, 0.4) is 0 Å². The molecule has 6 heteroatoms. The molecule has 0 spiro atoms. The first kappa shape index (κ1) is 14.6. The number of hydrogen-bond acceptors (Lipinski definition) is 3. The van der Waals surface area contributed by atoms with Crippen molar-refractivity contribution < 1.29 is 9.59 Å². The van der Waals surface area contributed by atoms with Gasteiger partial charge in [0, 0.05) is 18.9 Å². The van der Waals surface area contributed by atoms with Gasteiger partial charge in [-0.2, -0.15) is 0 Å². The lowest BCUT2D eigenvalue weighted by atomic mass is 10.2. The summed E-state index contributed by atoms with van der Waals surface area (Å²) in [6.07, 6.45) is 3.79. The van der Waals surface area contributed by atoms with Gasteiger partial charge < -0.3 is 20.5 Å². The molecule has 2 amide bonds. The van der Waals surface area contributed by atoms with Crippen LogP contribution in [0.15, 0.2) is 30.5 Å². The Balaban J connectivity index is 1.80. The summed E-state index contributed by atoms with van der Waals surface area (Å²) in [5, 5.41) is 9.79. The molecule has 2 aromatic rings. The summed E-state index contributed by atoms with van der Waals surface area (Å²) >= 11 is 0. The predicted octanol–water partition coefficient (Wildman–Crippen LogP) is 1.08. The molecule has 0 radical (unpaired) electrons. The molecule has 0 aliphatic carbocycles. The van der Waals surface area contributed by atoms with Gasteiger partial charge in [0.25, 0.3) is 0 Å². The lowest BCUT2D eigenvalue weighted by Gasteiger charge is -2.12. The highest BCUT2D eigenvalue weighted by atomic mass is 16.2. The predicted molar refractivity (Wildman–Crippen MR) is 85.7 cm³/mol. The Morgan fingerprint density at radius 3 is 2.95 bits per heavy atom. The van der Waals surface area contributed by atoms with E-state index >= 15 is 0 Å². The molecule has 1 aliphatic rings. The molecule has 1 aromatic heterocycles. The Morgan fingerprint density at radius 2 is 2.23 bits per heavy atom. The molecular weight excluding hydrogens is 280 g/mol. The molecule has 1 unspecified atom stereocenters. The van der Waals surface area contributed by atoms with E-state index in [9.17, 15) is 9.59 Å². The van der Waals surface area contributed by atoms with Crippen LogP contribution in [0.1, 0.15) is 12.8 Å². The van der Waals surface area contributed by atoms with Crippen LogP contribution in [0, 0.1) is 0 Å². The number of aromatic nitrogens is 1. The first-order valence-corrected chi connectivity index (χ1v) is 7.51. The highest BCUT2D eigenvalue weighted by Crippen LogP contribution is 2.21. The molecule has 3 rings (SSSR count). The number of benzene rings is 1. The maximum absolute atomic E-state index is 12.2. The minimum Gasteiger partial charge on any atom is -0.358 e. The fourth-order valence-electron chi connectivity index (χ4n) is 2.77. The van der Waals surface area contributed by atoms with Crippen LogP contribution < -0.4 is 16.0 Å². The van der Waals surface area contributed by atoms with E-state index in [4.69, 9.17) is 0 Å². The van der Waals surface area contributed by atoms with Gasteiger partial charge in [-0.05, 0) is 43.0 Å². The van der Waals surface area contributed by atoms with E-state index in [0.717, 1.165) is 36.0 Å². The van der Waals surface area contributed by atoms with Gasteiger partial charge in [0.05, 0.1) is 11.6 Å². The zero-order valence-corrected chi connectivity index (χ0v) is 12.6. The first-order valence-electron chi connectivity index (χ1n) is 7.51. The maximum atomic E-state index is 12.2. The number of hydrogen-bond donors (Lipinski definition) is 3. The van der Waals surface area contributed by atoms with Crippen molar-refractivity contribution in [1.82, 2.24) is 15.2 Å². The summed E-state index contributed by atoms with van der Waals surface area (Å²) in [5.41, 5.74) is 1.68. The molecule has 1 saturated heterocycles. The van der Waals surface area contributed by atoms with Crippen molar-refractivity contribution in [1.29, 1.82) is 0 Å². The van der Waals surface area contributed by atoms with Gasteiger partial charge in [-0.1, -0.05) is 6.07 Å². The fraction of sp³-hybridized carbons (Fsp3) is 0.375. The topological polar surface area (TPSA) is 75.2 Å². The average molecular weight is 300 g/mol. The molecule has 1 aromatic carbocycles. The Labute approximate surface area is 128 Å². The van der Waals surface area contributed by atoms with E-state index in [1.54, 1.807) is 7.05 Å². The molecule has 2 heterocycles. The van der Waals surface area contributed by atoms with Crippen molar-refractivity contribution in [2.45, 2.75) is 25.4 Å². The van der Waals surface area contributed by atoms with Crippen molar-refractivity contribution in [3.8, 4) is 0 Å². The minimum absolute atomic E-state index is 0.00116. The molecular formula is C16H20N4O2. The number of anilines is 1. The van der Waals surface area contributed by atoms with Gasteiger partial charge in [0.15, 0.2) is 0 Å². The van der Waals surface area contributed by atoms with E-state index in [0.29, 0.717) is 0 Å². The smallest absolute Gasteiger partial charge is 0.241 e. The van der Waals surface area contributed by atoms with Crippen LogP contribution in [0.5, 0.6) is 0 Å². The van der Waals surface area contributed by atoms with Gasteiger partial charge in [-0.25, -0.2) is 0 Å². The summed E-state index contributed by atoms with van der Waals surface area (Å²) in [6, 6.07) is 7.61. The van der Waals surface area contributed by atoms with E-state index in [-0.39, 0.29) is 24.4 Å². The second-order valence-corrected chi connectivity index (χ2v) is 5.53. The number of carbonyl (C=O) groups is 2. The number of carbonyl (C=O) groups excluding carboxylic acids is 2. The minimum atomic E-state index is -0.103. The molecule has 6 nitrogen and oxygen atoms in total. The average Bonchev–Trinajstić information content (AvgIpc) is 3.17. The van der Waals surface area contributed by atoms with Crippen LogP contribution in [-0.2, 0) is 16.1 Å². The largest absolute Gasteiger partial charge is 0.358 e. The zero-order valence-electron chi connectivity index (χ0n) is 12.6. The second-order valence-electron chi connectivity index (χ2n) is 5.53. The van der Waals surface area contributed by atoms with Gasteiger partial charge in [0.1, 0.15) is 6.54 Å². The lowest BCUT2D eigenvalue weighted by molar-refractivity contribution is -0.121. The van der Waals surface area contributed by atoms with E-state index in [1.165, 1.54) is 0 Å². The standard InChI is InChI=1S/C16H20N4O2/c1-17-15(21)10-20-8-6-11-4-5-12(9-14(11)20)19-16(22)13-3-2-7-18-13/h4-6,8-9,13,18H,2-3,7,10H2,1H3,(H,17,21)(H,19,22). The highest BCUT2D eigenvalue weighted by Gasteiger charge is 2.21. The van der Waals surface area contributed by atoms with Gasteiger partial charge >= 0.3 is 0 Å². The third kappa shape index (κ3) is 2.96. The van der Waals surface area contributed by atoms with Crippen LogP contribution in [0.2, 0.25) is 0 Å². The summed E-state index contributed by atoms with van der Waals surface area (Å²) in [7, 11) is 1.62. The molecule has 3 N–H and O–H groups in total. The van der Waals surface area contributed by atoms with Crippen molar-refractivity contribution in [3.05, 3.63) is 30.5 Å². The van der Waals surface area contributed by atoms with Crippen LogP contribution in [0.4, 0.5) is 5.69 Å². The normalized spacial score (nSPS) is 17.6. The SMILES string of the molecule is CNC(=O)Cn1ccc2ccc(NC(=O)C3CCCN3)cc21. The number of nitrogens with zero attached hydrogens (tertiary/aromatic N) is 1. The molecule has 1 fully saturated rings. The number of amides is 2.